The lowest BCUT2D eigenvalue weighted by atomic mass is 10.1. The summed E-state index contributed by atoms with van der Waals surface area (Å²) in [4.78, 5) is 0. The average molecular weight is 190 g/mol. The van der Waals surface area contributed by atoms with Gasteiger partial charge >= 0.3 is 0 Å². The first kappa shape index (κ1) is 9.28. The van der Waals surface area contributed by atoms with Crippen molar-refractivity contribution in [1.29, 1.82) is 0 Å². The van der Waals surface area contributed by atoms with Crippen LogP contribution in [-0.4, -0.2) is 19.8 Å². The fourth-order valence-electron chi connectivity index (χ4n) is 1.66. The summed E-state index contributed by atoms with van der Waals surface area (Å²) >= 11 is 0. The van der Waals surface area contributed by atoms with E-state index >= 15 is 0 Å². The third-order valence-electron chi connectivity index (χ3n) is 2.37. The van der Waals surface area contributed by atoms with Crippen molar-refractivity contribution in [3.63, 3.8) is 0 Å². The van der Waals surface area contributed by atoms with E-state index in [1.54, 1.807) is 7.11 Å². The Balaban J connectivity index is 2.11. The number of ether oxygens (including phenoxy) is 2. The summed E-state index contributed by atoms with van der Waals surface area (Å²) in [5.41, 5.74) is 1.20. The Kier molecular flexibility index (Phi) is 2.84. The van der Waals surface area contributed by atoms with E-state index in [2.05, 4.69) is 18.2 Å². The highest BCUT2D eigenvalue weighted by atomic mass is 16.5. The maximum absolute atomic E-state index is 5.49. The second kappa shape index (κ2) is 4.29. The van der Waals surface area contributed by atoms with Gasteiger partial charge in [-0.25, -0.2) is 0 Å². The van der Waals surface area contributed by atoms with Crippen molar-refractivity contribution in [3.05, 3.63) is 42.0 Å². The van der Waals surface area contributed by atoms with Crippen LogP contribution < -0.4 is 4.74 Å². The van der Waals surface area contributed by atoms with Gasteiger partial charge < -0.3 is 9.47 Å². The van der Waals surface area contributed by atoms with E-state index in [0.717, 1.165) is 18.8 Å². The van der Waals surface area contributed by atoms with Gasteiger partial charge in [0.15, 0.2) is 0 Å². The molecule has 2 rings (SSSR count). The van der Waals surface area contributed by atoms with Gasteiger partial charge in [-0.1, -0.05) is 30.4 Å². The predicted octanol–water partition coefficient (Wildman–Crippen LogP) is 2.19. The van der Waals surface area contributed by atoms with Crippen LogP contribution in [0.1, 0.15) is 5.56 Å². The molecule has 0 radical (unpaired) electrons. The van der Waals surface area contributed by atoms with Crippen molar-refractivity contribution in [2.75, 3.05) is 13.7 Å². The van der Waals surface area contributed by atoms with Gasteiger partial charge in [0.1, 0.15) is 5.75 Å². The summed E-state index contributed by atoms with van der Waals surface area (Å²) in [6.45, 7) is 0.736. The largest absolute Gasteiger partial charge is 0.496 e. The van der Waals surface area contributed by atoms with Crippen LogP contribution in [0.2, 0.25) is 0 Å². The Bertz CT molecular complexity index is 331. The van der Waals surface area contributed by atoms with E-state index < -0.39 is 0 Å². The van der Waals surface area contributed by atoms with Crippen molar-refractivity contribution in [2.24, 2.45) is 0 Å². The van der Waals surface area contributed by atoms with Gasteiger partial charge in [0, 0.05) is 6.42 Å². The van der Waals surface area contributed by atoms with E-state index in [0.29, 0.717) is 0 Å². The van der Waals surface area contributed by atoms with Crippen LogP contribution in [0.25, 0.3) is 0 Å². The summed E-state index contributed by atoms with van der Waals surface area (Å²) in [5.74, 6) is 0.941. The van der Waals surface area contributed by atoms with Crippen molar-refractivity contribution >= 4 is 0 Å². The molecule has 2 heteroatoms. The molecule has 74 valence electrons. The van der Waals surface area contributed by atoms with Crippen LogP contribution >= 0.6 is 0 Å². The van der Waals surface area contributed by atoms with Crippen LogP contribution in [0.3, 0.4) is 0 Å². The van der Waals surface area contributed by atoms with Gasteiger partial charge in [-0.05, 0) is 11.6 Å². The second-order valence-corrected chi connectivity index (χ2v) is 3.32. The molecule has 0 aliphatic carbocycles. The number of rotatable bonds is 3. The minimum Gasteiger partial charge on any atom is -0.496 e. The quantitative estimate of drug-likeness (QED) is 0.680. The average Bonchev–Trinajstić information content (AvgIpc) is 2.71. The zero-order valence-corrected chi connectivity index (χ0v) is 8.27. The molecule has 2 nitrogen and oxygen atoms in total. The first-order valence-corrected chi connectivity index (χ1v) is 4.80. The molecule has 1 atom stereocenters. The maximum atomic E-state index is 5.49. The van der Waals surface area contributed by atoms with Crippen LogP contribution in [0.4, 0.5) is 0 Å². The molecule has 1 unspecified atom stereocenters. The number of hydrogen-bond acceptors (Lipinski definition) is 2. The van der Waals surface area contributed by atoms with Crippen LogP contribution in [0.15, 0.2) is 36.4 Å². The first-order valence-electron chi connectivity index (χ1n) is 4.80. The molecule has 0 spiro atoms. The molecule has 0 bridgehead atoms. The Hall–Kier alpha value is -1.28. The molecule has 1 aliphatic heterocycles. The van der Waals surface area contributed by atoms with Crippen molar-refractivity contribution in [2.45, 2.75) is 12.5 Å². The second-order valence-electron chi connectivity index (χ2n) is 3.32. The summed E-state index contributed by atoms with van der Waals surface area (Å²) in [6.07, 6.45) is 5.26. The third-order valence-corrected chi connectivity index (χ3v) is 2.37. The molecule has 1 aromatic rings. The molecule has 0 saturated heterocycles. The molecular formula is C12H14O2. The fraction of sp³-hybridized carbons (Fsp3) is 0.333. The van der Waals surface area contributed by atoms with Gasteiger partial charge in [-0.15, -0.1) is 0 Å². The number of hydrogen-bond donors (Lipinski definition) is 0. The molecule has 1 heterocycles. The molecule has 0 aromatic heterocycles. The van der Waals surface area contributed by atoms with Gasteiger partial charge in [-0.2, -0.15) is 0 Å². The summed E-state index contributed by atoms with van der Waals surface area (Å²) in [5, 5.41) is 0. The van der Waals surface area contributed by atoms with E-state index in [1.165, 1.54) is 5.56 Å². The lowest BCUT2D eigenvalue weighted by molar-refractivity contribution is 0.128. The highest BCUT2D eigenvalue weighted by molar-refractivity contribution is 5.34. The van der Waals surface area contributed by atoms with Gasteiger partial charge in [-0.3, -0.25) is 0 Å². The van der Waals surface area contributed by atoms with Crippen LogP contribution in [0.5, 0.6) is 5.75 Å². The predicted molar refractivity (Wildman–Crippen MR) is 55.6 cm³/mol. The minimum absolute atomic E-state index is 0.214. The third kappa shape index (κ3) is 1.96. The minimum atomic E-state index is 0.214. The maximum Gasteiger partial charge on any atom is 0.122 e. The molecule has 1 aliphatic rings. The van der Waals surface area contributed by atoms with Gasteiger partial charge in [0.25, 0.3) is 0 Å². The van der Waals surface area contributed by atoms with Gasteiger partial charge in [0.05, 0.1) is 19.8 Å². The SMILES string of the molecule is COc1ccccc1CC1C=CCO1. The standard InChI is InChI=1S/C12H14O2/c1-13-12-7-3-2-5-10(12)9-11-6-4-8-14-11/h2-7,11H,8-9H2,1H3. The molecule has 0 fully saturated rings. The van der Waals surface area contributed by atoms with Crippen molar-refractivity contribution in [1.82, 2.24) is 0 Å². The molecule has 0 amide bonds. The highest BCUT2D eigenvalue weighted by Gasteiger charge is 2.12. The topological polar surface area (TPSA) is 18.5 Å². The zero-order chi connectivity index (χ0) is 9.80. The normalized spacial score (nSPS) is 19.9. The van der Waals surface area contributed by atoms with Crippen molar-refractivity contribution < 1.29 is 9.47 Å². The Labute approximate surface area is 84.2 Å². The van der Waals surface area contributed by atoms with Crippen molar-refractivity contribution in [3.8, 4) is 5.75 Å². The summed E-state index contributed by atoms with van der Waals surface area (Å²) in [6, 6.07) is 8.06. The summed E-state index contributed by atoms with van der Waals surface area (Å²) in [7, 11) is 1.70. The molecule has 1 aromatic carbocycles. The summed E-state index contributed by atoms with van der Waals surface area (Å²) < 4.78 is 10.8. The lowest BCUT2D eigenvalue weighted by Crippen LogP contribution is -2.09. The zero-order valence-electron chi connectivity index (χ0n) is 8.27. The lowest BCUT2D eigenvalue weighted by Gasteiger charge is -2.11. The van der Waals surface area contributed by atoms with E-state index in [4.69, 9.17) is 9.47 Å². The number of benzene rings is 1. The Morgan fingerprint density at radius 1 is 1.43 bits per heavy atom. The highest BCUT2D eigenvalue weighted by Crippen LogP contribution is 2.21. The van der Waals surface area contributed by atoms with Crippen LogP contribution in [0, 0.1) is 0 Å². The van der Waals surface area contributed by atoms with Crippen LogP contribution in [-0.2, 0) is 11.2 Å². The monoisotopic (exact) mass is 190 g/mol. The molecular weight excluding hydrogens is 176 g/mol. The van der Waals surface area contributed by atoms with E-state index in [1.807, 2.05) is 18.2 Å². The Morgan fingerprint density at radius 2 is 2.29 bits per heavy atom. The first-order chi connectivity index (χ1) is 6.90. The van der Waals surface area contributed by atoms with E-state index in [-0.39, 0.29) is 6.10 Å². The molecule has 0 N–H and O–H groups in total. The van der Waals surface area contributed by atoms with Gasteiger partial charge in [0.2, 0.25) is 0 Å². The molecule has 0 saturated carbocycles. The number of para-hydroxylation sites is 1. The number of methoxy groups -OCH3 is 1. The molecule has 14 heavy (non-hydrogen) atoms. The Morgan fingerprint density at radius 3 is 3.00 bits per heavy atom. The smallest absolute Gasteiger partial charge is 0.122 e. The van der Waals surface area contributed by atoms with E-state index in [9.17, 15) is 0 Å². The fourth-order valence-corrected chi connectivity index (χ4v) is 1.66.